The Bertz CT molecular complexity index is 314. The van der Waals surface area contributed by atoms with E-state index in [1.54, 1.807) is 0 Å². The number of carbonyl (C=O) groups excluding carboxylic acids is 2. The van der Waals surface area contributed by atoms with Crippen LogP contribution in [-0.4, -0.2) is 74.8 Å². The average Bonchev–Trinajstić information content (AvgIpc) is 2.34. The van der Waals surface area contributed by atoms with Crippen molar-refractivity contribution in [2.45, 2.75) is 38.2 Å². The molecule has 0 fully saturated rings. The molecule has 0 saturated heterocycles. The zero-order chi connectivity index (χ0) is 15.2. The van der Waals surface area contributed by atoms with E-state index < -0.39 is 42.8 Å². The van der Waals surface area contributed by atoms with E-state index in [9.17, 15) is 19.8 Å². The monoisotopic (exact) mass is 279 g/mol. The lowest BCUT2D eigenvalue weighted by Crippen LogP contribution is -2.57. The molecule has 112 valence electrons. The van der Waals surface area contributed by atoms with Crippen molar-refractivity contribution in [2.75, 3.05) is 13.2 Å². The molecule has 0 bridgehead atoms. The fourth-order valence-electron chi connectivity index (χ4n) is 1.35. The van der Waals surface area contributed by atoms with Crippen molar-refractivity contribution >= 4 is 11.8 Å². The summed E-state index contributed by atoms with van der Waals surface area (Å²) in [5.41, 5.74) is 7.78. The number of aliphatic hydroxyl groups is 4. The Labute approximate surface area is 110 Å². The number of hydrazine groups is 1. The van der Waals surface area contributed by atoms with Gasteiger partial charge < -0.3 is 26.2 Å². The number of amides is 2. The fourth-order valence-corrected chi connectivity index (χ4v) is 1.35. The van der Waals surface area contributed by atoms with Crippen molar-refractivity contribution in [3.63, 3.8) is 0 Å². The lowest BCUT2D eigenvalue weighted by atomic mass is 10.0. The van der Waals surface area contributed by atoms with Gasteiger partial charge in [0.25, 0.3) is 0 Å². The Kier molecular flexibility index (Phi) is 7.49. The van der Waals surface area contributed by atoms with E-state index in [4.69, 9.17) is 15.9 Å². The van der Waals surface area contributed by atoms with Crippen LogP contribution in [0.25, 0.3) is 0 Å². The summed E-state index contributed by atoms with van der Waals surface area (Å²) >= 11 is 0. The second-order valence-electron chi connectivity index (χ2n) is 4.19. The fraction of sp³-hybridized carbons (Fsp3) is 0.800. The summed E-state index contributed by atoms with van der Waals surface area (Å²) < 4.78 is 0. The Balaban J connectivity index is 4.58. The highest BCUT2D eigenvalue weighted by atomic mass is 16.4. The molecule has 0 rings (SSSR count). The minimum Gasteiger partial charge on any atom is -0.394 e. The molecule has 9 nitrogen and oxygen atoms in total. The van der Waals surface area contributed by atoms with Gasteiger partial charge in [0, 0.05) is 13.8 Å². The summed E-state index contributed by atoms with van der Waals surface area (Å²) in [5.74, 6) is -0.997. The van der Waals surface area contributed by atoms with Crippen LogP contribution >= 0.6 is 0 Å². The van der Waals surface area contributed by atoms with Crippen LogP contribution < -0.4 is 11.2 Å². The highest BCUT2D eigenvalue weighted by Gasteiger charge is 2.30. The van der Waals surface area contributed by atoms with Gasteiger partial charge in [-0.3, -0.25) is 20.0 Å². The number of hydrogen-bond acceptors (Lipinski definition) is 7. The van der Waals surface area contributed by atoms with Gasteiger partial charge in [-0.1, -0.05) is 0 Å². The predicted molar refractivity (Wildman–Crippen MR) is 64.3 cm³/mol. The quantitative estimate of drug-likeness (QED) is 0.273. The van der Waals surface area contributed by atoms with Crippen molar-refractivity contribution in [1.29, 1.82) is 0 Å². The molecular weight excluding hydrogens is 258 g/mol. The molecule has 0 aromatic carbocycles. The predicted octanol–water partition coefficient (Wildman–Crippen LogP) is -3.71. The van der Waals surface area contributed by atoms with Crippen LogP contribution in [0, 0.1) is 0 Å². The van der Waals surface area contributed by atoms with Crippen molar-refractivity contribution in [3.8, 4) is 0 Å². The highest BCUT2D eigenvalue weighted by Crippen LogP contribution is 2.04. The van der Waals surface area contributed by atoms with Crippen LogP contribution in [0.3, 0.4) is 0 Å². The molecule has 0 heterocycles. The van der Waals surface area contributed by atoms with Crippen molar-refractivity contribution in [3.05, 3.63) is 0 Å². The van der Waals surface area contributed by atoms with E-state index in [1.807, 2.05) is 0 Å². The van der Waals surface area contributed by atoms with Gasteiger partial charge in [-0.2, -0.15) is 0 Å². The summed E-state index contributed by atoms with van der Waals surface area (Å²) in [4.78, 5) is 22.1. The standard InChI is InChI=1S/C10H21N3O6/c1-5(15)12-13(6(2)16)3-7(11)9(18)10(19)8(17)4-14/h7-10,14,17-19H,3-4,11H2,1-2H3,(H,12,15)/t7-,8+,9+,10+/m0/s1. The minimum absolute atomic E-state index is 0.259. The smallest absolute Gasteiger partial charge is 0.237 e. The number of nitrogens with zero attached hydrogens (tertiary/aromatic N) is 1. The molecule has 2 amide bonds. The van der Waals surface area contributed by atoms with E-state index >= 15 is 0 Å². The van der Waals surface area contributed by atoms with E-state index in [2.05, 4.69) is 5.43 Å². The molecule has 7 N–H and O–H groups in total. The Morgan fingerprint density at radius 1 is 1.21 bits per heavy atom. The van der Waals surface area contributed by atoms with Crippen molar-refractivity contribution < 1.29 is 30.0 Å². The second kappa shape index (κ2) is 8.02. The molecule has 19 heavy (non-hydrogen) atoms. The summed E-state index contributed by atoms with van der Waals surface area (Å²) in [6.07, 6.45) is -4.78. The first-order valence-corrected chi connectivity index (χ1v) is 5.66. The van der Waals surface area contributed by atoms with Gasteiger partial charge >= 0.3 is 0 Å². The van der Waals surface area contributed by atoms with E-state index in [0.717, 1.165) is 5.01 Å². The van der Waals surface area contributed by atoms with Crippen LogP contribution in [0.5, 0.6) is 0 Å². The van der Waals surface area contributed by atoms with Gasteiger partial charge in [-0.25, -0.2) is 0 Å². The summed E-state index contributed by atoms with van der Waals surface area (Å²) in [6.45, 7) is 1.38. The normalized spacial score (nSPS) is 17.2. The van der Waals surface area contributed by atoms with E-state index in [0.29, 0.717) is 0 Å². The van der Waals surface area contributed by atoms with Gasteiger partial charge in [0.05, 0.1) is 25.3 Å². The molecule has 0 radical (unpaired) electrons. The first-order valence-electron chi connectivity index (χ1n) is 5.66. The molecule has 9 heteroatoms. The second-order valence-corrected chi connectivity index (χ2v) is 4.19. The van der Waals surface area contributed by atoms with Gasteiger partial charge in [0.2, 0.25) is 11.8 Å². The van der Waals surface area contributed by atoms with Crippen LogP contribution in [-0.2, 0) is 9.59 Å². The molecule has 0 aliphatic heterocycles. The number of rotatable bonds is 6. The topological polar surface area (TPSA) is 156 Å². The molecule has 0 aromatic heterocycles. The lowest BCUT2D eigenvalue weighted by Gasteiger charge is -2.30. The van der Waals surface area contributed by atoms with E-state index in [1.165, 1.54) is 13.8 Å². The number of nitrogens with two attached hydrogens (primary N) is 1. The molecule has 0 aliphatic carbocycles. The average molecular weight is 279 g/mol. The van der Waals surface area contributed by atoms with E-state index in [-0.39, 0.29) is 6.54 Å². The molecular formula is C10H21N3O6. The zero-order valence-electron chi connectivity index (χ0n) is 10.9. The third kappa shape index (κ3) is 5.94. The number of carbonyl (C=O) groups is 2. The third-order valence-corrected chi connectivity index (χ3v) is 2.44. The van der Waals surface area contributed by atoms with Crippen LogP contribution in [0.4, 0.5) is 0 Å². The highest BCUT2D eigenvalue weighted by molar-refractivity contribution is 5.79. The maximum Gasteiger partial charge on any atom is 0.237 e. The Morgan fingerprint density at radius 2 is 1.74 bits per heavy atom. The van der Waals surface area contributed by atoms with Gasteiger partial charge in [0.15, 0.2) is 0 Å². The number of nitrogens with one attached hydrogen (secondary N) is 1. The summed E-state index contributed by atoms with van der Waals surface area (Å²) in [7, 11) is 0. The van der Waals surface area contributed by atoms with Crippen molar-refractivity contribution in [1.82, 2.24) is 10.4 Å². The Hall–Kier alpha value is -1.26. The van der Waals surface area contributed by atoms with Gasteiger partial charge in [-0.05, 0) is 0 Å². The number of hydrogen-bond donors (Lipinski definition) is 6. The van der Waals surface area contributed by atoms with Gasteiger partial charge in [-0.15, -0.1) is 0 Å². The molecule has 4 atom stereocenters. The third-order valence-electron chi connectivity index (χ3n) is 2.44. The van der Waals surface area contributed by atoms with Gasteiger partial charge in [0.1, 0.15) is 12.2 Å². The first kappa shape index (κ1) is 17.7. The van der Waals surface area contributed by atoms with Crippen LogP contribution in [0.15, 0.2) is 0 Å². The largest absolute Gasteiger partial charge is 0.394 e. The molecule has 0 spiro atoms. The van der Waals surface area contributed by atoms with Crippen LogP contribution in [0.2, 0.25) is 0 Å². The summed E-state index contributed by atoms with van der Waals surface area (Å²) in [6, 6.07) is -1.12. The first-order chi connectivity index (χ1) is 8.70. The zero-order valence-corrected chi connectivity index (χ0v) is 10.9. The van der Waals surface area contributed by atoms with Crippen LogP contribution in [0.1, 0.15) is 13.8 Å². The minimum atomic E-state index is -1.66. The Morgan fingerprint density at radius 3 is 2.11 bits per heavy atom. The summed E-state index contributed by atoms with van der Waals surface area (Å²) in [5, 5.41) is 37.8. The molecule has 0 aliphatic rings. The molecule has 0 saturated carbocycles. The maximum absolute atomic E-state index is 11.2. The molecule has 0 aromatic rings. The lowest BCUT2D eigenvalue weighted by molar-refractivity contribution is -0.140. The van der Waals surface area contributed by atoms with Crippen molar-refractivity contribution in [2.24, 2.45) is 5.73 Å². The number of aliphatic hydroxyl groups excluding tert-OH is 4. The molecule has 0 unspecified atom stereocenters. The SMILES string of the molecule is CC(=O)NN(C[C@H](N)[C@@H](O)[C@H](O)[C@H](O)CO)C(C)=O. The maximum atomic E-state index is 11.2.